The fraction of sp³-hybridized carbons (Fsp3) is 0.333. The molecular weight excluding hydrogens is 240 g/mol. The summed E-state index contributed by atoms with van der Waals surface area (Å²) < 4.78 is 4.97. The smallest absolute Gasteiger partial charge is 0.348 e. The van der Waals surface area contributed by atoms with E-state index in [9.17, 15) is 4.79 Å². The summed E-state index contributed by atoms with van der Waals surface area (Å²) in [6.07, 6.45) is 2.30. The van der Waals surface area contributed by atoms with Gasteiger partial charge in [0.15, 0.2) is 0 Å². The standard InChI is InChI=1S/C15H18N2O2/c1-4-9-19-15(18)13(11-16)10-12-7-5-6-8-14(12)17(2)3/h5-8,10H,4,9H2,1-3H3/b13-10+. The molecule has 0 heterocycles. The van der Waals surface area contributed by atoms with E-state index in [0.29, 0.717) is 6.61 Å². The summed E-state index contributed by atoms with van der Waals surface area (Å²) in [5.41, 5.74) is 1.78. The first-order chi connectivity index (χ1) is 9.10. The third kappa shape index (κ3) is 4.14. The molecule has 1 rings (SSSR count). The normalized spacial score (nSPS) is 10.7. The average molecular weight is 258 g/mol. The number of hydrogen-bond donors (Lipinski definition) is 0. The molecule has 1 aromatic carbocycles. The average Bonchev–Trinajstić information content (AvgIpc) is 2.42. The van der Waals surface area contributed by atoms with Crippen molar-refractivity contribution in [3.63, 3.8) is 0 Å². The monoisotopic (exact) mass is 258 g/mol. The molecule has 0 saturated heterocycles. The van der Waals surface area contributed by atoms with Crippen LogP contribution >= 0.6 is 0 Å². The van der Waals surface area contributed by atoms with Gasteiger partial charge in [-0.15, -0.1) is 0 Å². The van der Waals surface area contributed by atoms with E-state index in [1.807, 2.05) is 56.3 Å². The first kappa shape index (κ1) is 14.8. The topological polar surface area (TPSA) is 53.3 Å². The Morgan fingerprint density at radius 3 is 2.68 bits per heavy atom. The lowest BCUT2D eigenvalue weighted by molar-refractivity contribution is -0.138. The minimum Gasteiger partial charge on any atom is -0.462 e. The van der Waals surface area contributed by atoms with Crippen LogP contribution < -0.4 is 4.90 Å². The van der Waals surface area contributed by atoms with E-state index < -0.39 is 5.97 Å². The number of esters is 1. The van der Waals surface area contributed by atoms with Crippen molar-refractivity contribution >= 4 is 17.7 Å². The Bertz CT molecular complexity index is 513. The van der Waals surface area contributed by atoms with Crippen molar-refractivity contribution in [3.8, 4) is 6.07 Å². The molecule has 0 N–H and O–H groups in total. The Labute approximate surface area is 113 Å². The highest BCUT2D eigenvalue weighted by atomic mass is 16.5. The van der Waals surface area contributed by atoms with Crippen LogP contribution in [0.25, 0.3) is 6.08 Å². The molecule has 0 radical (unpaired) electrons. The van der Waals surface area contributed by atoms with Gasteiger partial charge in [-0.25, -0.2) is 4.79 Å². The molecule has 0 atom stereocenters. The van der Waals surface area contributed by atoms with Gasteiger partial charge in [0.1, 0.15) is 11.6 Å². The number of nitriles is 1. The summed E-state index contributed by atoms with van der Waals surface area (Å²) in [6, 6.07) is 9.46. The highest BCUT2D eigenvalue weighted by Crippen LogP contribution is 2.21. The van der Waals surface area contributed by atoms with Crippen molar-refractivity contribution in [1.29, 1.82) is 5.26 Å². The number of carbonyl (C=O) groups excluding carboxylic acids is 1. The van der Waals surface area contributed by atoms with Crippen LogP contribution in [-0.2, 0) is 9.53 Å². The van der Waals surface area contributed by atoms with Gasteiger partial charge in [-0.3, -0.25) is 0 Å². The summed E-state index contributed by atoms with van der Waals surface area (Å²) in [4.78, 5) is 13.6. The molecule has 0 bridgehead atoms. The van der Waals surface area contributed by atoms with Gasteiger partial charge in [0, 0.05) is 19.8 Å². The maximum Gasteiger partial charge on any atom is 0.348 e. The maximum absolute atomic E-state index is 11.7. The summed E-state index contributed by atoms with van der Waals surface area (Å²) in [6.45, 7) is 2.23. The molecular formula is C15H18N2O2. The lowest BCUT2D eigenvalue weighted by Crippen LogP contribution is -2.11. The lowest BCUT2D eigenvalue weighted by atomic mass is 10.1. The van der Waals surface area contributed by atoms with E-state index in [2.05, 4.69) is 0 Å². The number of para-hydroxylation sites is 1. The van der Waals surface area contributed by atoms with Crippen molar-refractivity contribution < 1.29 is 9.53 Å². The second kappa shape index (κ2) is 7.22. The SMILES string of the molecule is CCCOC(=O)/C(C#N)=C/c1ccccc1N(C)C. The summed E-state index contributed by atoms with van der Waals surface area (Å²) >= 11 is 0. The van der Waals surface area contributed by atoms with Crippen LogP contribution in [0.2, 0.25) is 0 Å². The van der Waals surface area contributed by atoms with Gasteiger partial charge in [0.2, 0.25) is 0 Å². The molecule has 0 aliphatic rings. The molecule has 1 aromatic rings. The van der Waals surface area contributed by atoms with Gasteiger partial charge in [-0.1, -0.05) is 25.1 Å². The molecule has 0 aliphatic carbocycles. The second-order valence-electron chi connectivity index (χ2n) is 4.26. The minimum absolute atomic E-state index is 0.0164. The number of anilines is 1. The molecule has 4 heteroatoms. The fourth-order valence-electron chi connectivity index (χ4n) is 1.58. The second-order valence-corrected chi connectivity index (χ2v) is 4.26. The van der Waals surface area contributed by atoms with E-state index in [4.69, 9.17) is 10.00 Å². The van der Waals surface area contributed by atoms with Crippen molar-refractivity contribution in [3.05, 3.63) is 35.4 Å². The molecule has 0 aromatic heterocycles. The minimum atomic E-state index is -0.571. The predicted molar refractivity (Wildman–Crippen MR) is 75.6 cm³/mol. The Kier molecular flexibility index (Phi) is 5.62. The molecule has 0 amide bonds. The summed E-state index contributed by atoms with van der Waals surface area (Å²) in [5.74, 6) is -0.571. The van der Waals surface area contributed by atoms with Gasteiger partial charge in [0.25, 0.3) is 0 Å². The molecule has 0 saturated carbocycles. The Balaban J connectivity index is 3.05. The third-order valence-corrected chi connectivity index (χ3v) is 2.50. The van der Waals surface area contributed by atoms with E-state index in [1.54, 1.807) is 6.08 Å². The largest absolute Gasteiger partial charge is 0.462 e. The van der Waals surface area contributed by atoms with Crippen LogP contribution in [0.3, 0.4) is 0 Å². The first-order valence-corrected chi connectivity index (χ1v) is 6.15. The van der Waals surface area contributed by atoms with Gasteiger partial charge >= 0.3 is 5.97 Å². The molecule has 0 spiro atoms. The molecule has 4 nitrogen and oxygen atoms in total. The van der Waals surface area contributed by atoms with Crippen LogP contribution in [0.1, 0.15) is 18.9 Å². The summed E-state index contributed by atoms with van der Waals surface area (Å²) in [7, 11) is 3.82. The summed E-state index contributed by atoms with van der Waals surface area (Å²) in [5, 5.41) is 9.05. The fourth-order valence-corrected chi connectivity index (χ4v) is 1.58. The molecule has 0 aliphatic heterocycles. The van der Waals surface area contributed by atoms with Gasteiger partial charge in [0.05, 0.1) is 6.61 Å². The van der Waals surface area contributed by atoms with Crippen LogP contribution in [0, 0.1) is 11.3 Å². The highest BCUT2D eigenvalue weighted by molar-refractivity contribution is 5.98. The van der Waals surface area contributed by atoms with Crippen molar-refractivity contribution in [1.82, 2.24) is 0 Å². The van der Waals surface area contributed by atoms with E-state index in [-0.39, 0.29) is 5.57 Å². The van der Waals surface area contributed by atoms with Crippen molar-refractivity contribution in [2.45, 2.75) is 13.3 Å². The van der Waals surface area contributed by atoms with Gasteiger partial charge < -0.3 is 9.64 Å². The molecule has 100 valence electrons. The molecule has 19 heavy (non-hydrogen) atoms. The van der Waals surface area contributed by atoms with Crippen LogP contribution in [0.4, 0.5) is 5.69 Å². The number of benzene rings is 1. The molecule has 0 fully saturated rings. The van der Waals surface area contributed by atoms with Gasteiger partial charge in [-0.2, -0.15) is 5.26 Å². The number of ether oxygens (including phenoxy) is 1. The highest BCUT2D eigenvalue weighted by Gasteiger charge is 2.11. The first-order valence-electron chi connectivity index (χ1n) is 6.15. The zero-order valence-corrected chi connectivity index (χ0v) is 11.5. The van der Waals surface area contributed by atoms with Gasteiger partial charge in [-0.05, 0) is 24.1 Å². The quantitative estimate of drug-likeness (QED) is 0.463. The lowest BCUT2D eigenvalue weighted by Gasteiger charge is -2.15. The number of hydrogen-bond acceptors (Lipinski definition) is 4. The van der Waals surface area contributed by atoms with E-state index in [1.165, 1.54) is 0 Å². The van der Waals surface area contributed by atoms with Crippen LogP contribution in [0.5, 0.6) is 0 Å². The zero-order valence-electron chi connectivity index (χ0n) is 11.5. The number of carbonyl (C=O) groups is 1. The van der Waals surface area contributed by atoms with Crippen LogP contribution in [-0.4, -0.2) is 26.7 Å². The maximum atomic E-state index is 11.7. The number of nitrogens with zero attached hydrogens (tertiary/aromatic N) is 2. The Hall–Kier alpha value is -2.28. The molecule has 0 unspecified atom stereocenters. The Morgan fingerprint density at radius 1 is 1.42 bits per heavy atom. The Morgan fingerprint density at radius 2 is 2.11 bits per heavy atom. The zero-order chi connectivity index (χ0) is 14.3. The van der Waals surface area contributed by atoms with Crippen molar-refractivity contribution in [2.24, 2.45) is 0 Å². The predicted octanol–water partition coefficient (Wildman–Crippen LogP) is 2.61. The van der Waals surface area contributed by atoms with Crippen LogP contribution in [0.15, 0.2) is 29.8 Å². The number of rotatable bonds is 5. The van der Waals surface area contributed by atoms with Crippen molar-refractivity contribution in [2.75, 3.05) is 25.6 Å². The van der Waals surface area contributed by atoms with E-state index in [0.717, 1.165) is 17.7 Å². The third-order valence-electron chi connectivity index (χ3n) is 2.50. The van der Waals surface area contributed by atoms with E-state index >= 15 is 0 Å².